The number of amides is 1. The summed E-state index contributed by atoms with van der Waals surface area (Å²) in [6.07, 6.45) is 0.0416. The first-order valence-electron chi connectivity index (χ1n) is 10.8. The second-order valence-corrected chi connectivity index (χ2v) is 8.44. The van der Waals surface area contributed by atoms with E-state index in [-0.39, 0.29) is 28.3 Å². The summed E-state index contributed by atoms with van der Waals surface area (Å²) in [5.74, 6) is -2.37. The molecule has 36 heavy (non-hydrogen) atoms. The van der Waals surface area contributed by atoms with E-state index in [1.807, 2.05) is 0 Å². The summed E-state index contributed by atoms with van der Waals surface area (Å²) >= 11 is 6.32. The quantitative estimate of drug-likeness (QED) is 0.220. The maximum Gasteiger partial charge on any atom is 0.309 e. The molecule has 1 heterocycles. The van der Waals surface area contributed by atoms with Crippen molar-refractivity contribution in [3.63, 3.8) is 0 Å². The van der Waals surface area contributed by atoms with E-state index in [1.165, 1.54) is 43.4 Å². The number of carbonyl (C=O) groups excluding carboxylic acids is 3. The lowest BCUT2D eigenvalue weighted by atomic mass is 9.94. The molecule has 0 spiro atoms. The number of hydrogen-bond donors (Lipinski definition) is 2. The predicted octanol–water partition coefficient (Wildman–Crippen LogP) is 4.40. The Balaban J connectivity index is 1.89. The van der Waals surface area contributed by atoms with Crippen LogP contribution in [0.25, 0.3) is 5.76 Å². The number of nitrogens with zero attached hydrogens (tertiary/aromatic N) is 1. The molecule has 0 saturated carbocycles. The number of phenolic OH excluding ortho intramolecular Hbond substituents is 1. The van der Waals surface area contributed by atoms with Gasteiger partial charge in [-0.3, -0.25) is 19.3 Å². The number of ether oxygens (including phenoxy) is 2. The fourth-order valence-corrected chi connectivity index (χ4v) is 4.29. The average molecular weight is 508 g/mol. The number of halogens is 1. The Kier molecular flexibility index (Phi) is 6.98. The van der Waals surface area contributed by atoms with Crippen molar-refractivity contribution in [3.8, 4) is 11.5 Å². The van der Waals surface area contributed by atoms with E-state index < -0.39 is 29.5 Å². The van der Waals surface area contributed by atoms with Crippen molar-refractivity contribution in [3.05, 3.63) is 94.0 Å². The number of phenols is 1. The van der Waals surface area contributed by atoms with Crippen LogP contribution in [0.2, 0.25) is 5.02 Å². The van der Waals surface area contributed by atoms with Gasteiger partial charge in [-0.1, -0.05) is 35.9 Å². The lowest BCUT2D eigenvalue weighted by Gasteiger charge is -2.26. The standard InChI is InChI=1S/C27H22ClNO7/c1-35-19-10-11-21(28)20(14-19)25(32)23-24(16-4-3-5-18(30)13-16)29(27(34)26(23)33)17-8-6-15(7-9-17)12-22(31)36-2/h3-11,13-14,24,30,32H,12H2,1-2H3/b25-23+. The molecule has 0 aliphatic carbocycles. The number of benzene rings is 3. The summed E-state index contributed by atoms with van der Waals surface area (Å²) in [4.78, 5) is 39.4. The number of rotatable bonds is 6. The van der Waals surface area contributed by atoms with Gasteiger partial charge in [-0.2, -0.15) is 0 Å². The summed E-state index contributed by atoms with van der Waals surface area (Å²) in [6.45, 7) is 0. The second kappa shape index (κ2) is 10.1. The molecule has 2 N–H and O–H groups in total. The van der Waals surface area contributed by atoms with Crippen LogP contribution >= 0.6 is 11.6 Å². The van der Waals surface area contributed by atoms with Gasteiger partial charge in [0.1, 0.15) is 17.3 Å². The Morgan fingerprint density at radius 3 is 2.39 bits per heavy atom. The fraction of sp³-hybridized carbons (Fsp3) is 0.148. The van der Waals surface area contributed by atoms with E-state index >= 15 is 0 Å². The number of carbonyl (C=O) groups is 3. The van der Waals surface area contributed by atoms with Crippen molar-refractivity contribution in [1.29, 1.82) is 0 Å². The number of methoxy groups -OCH3 is 2. The van der Waals surface area contributed by atoms with Crippen LogP contribution in [0.5, 0.6) is 11.5 Å². The number of hydrogen-bond acceptors (Lipinski definition) is 7. The Morgan fingerprint density at radius 2 is 1.75 bits per heavy atom. The molecule has 1 fully saturated rings. The van der Waals surface area contributed by atoms with Crippen LogP contribution in [0.4, 0.5) is 5.69 Å². The summed E-state index contributed by atoms with van der Waals surface area (Å²) in [6, 6.07) is 16.1. The Labute approximate surface area is 211 Å². The number of aliphatic hydroxyl groups is 1. The van der Waals surface area contributed by atoms with Crippen LogP contribution in [0, 0.1) is 0 Å². The van der Waals surface area contributed by atoms with Crippen LogP contribution in [-0.2, 0) is 25.5 Å². The molecule has 1 atom stereocenters. The van der Waals surface area contributed by atoms with Crippen molar-refractivity contribution in [2.75, 3.05) is 19.1 Å². The average Bonchev–Trinajstić information content (AvgIpc) is 3.14. The number of anilines is 1. The third-order valence-electron chi connectivity index (χ3n) is 5.85. The third kappa shape index (κ3) is 4.63. The maximum absolute atomic E-state index is 13.3. The summed E-state index contributed by atoms with van der Waals surface area (Å²) < 4.78 is 9.90. The van der Waals surface area contributed by atoms with Crippen molar-refractivity contribution in [2.24, 2.45) is 0 Å². The van der Waals surface area contributed by atoms with Gasteiger partial charge >= 0.3 is 5.97 Å². The van der Waals surface area contributed by atoms with Crippen LogP contribution in [0.15, 0.2) is 72.3 Å². The van der Waals surface area contributed by atoms with E-state index in [4.69, 9.17) is 16.3 Å². The van der Waals surface area contributed by atoms with Gasteiger partial charge in [-0.05, 0) is 53.6 Å². The van der Waals surface area contributed by atoms with Gasteiger partial charge in [-0.25, -0.2) is 0 Å². The van der Waals surface area contributed by atoms with Gasteiger partial charge in [0.2, 0.25) is 0 Å². The van der Waals surface area contributed by atoms with Crippen molar-refractivity contribution in [2.45, 2.75) is 12.5 Å². The van der Waals surface area contributed by atoms with Crippen LogP contribution < -0.4 is 9.64 Å². The van der Waals surface area contributed by atoms with E-state index in [2.05, 4.69) is 4.74 Å². The molecule has 0 aromatic heterocycles. The summed E-state index contributed by atoms with van der Waals surface area (Å²) in [7, 11) is 2.74. The molecule has 3 aromatic rings. The molecular formula is C27H22ClNO7. The number of ketones is 1. The Morgan fingerprint density at radius 1 is 1.03 bits per heavy atom. The number of aromatic hydroxyl groups is 1. The topological polar surface area (TPSA) is 113 Å². The highest BCUT2D eigenvalue weighted by Gasteiger charge is 2.47. The van der Waals surface area contributed by atoms with Gasteiger partial charge in [0.15, 0.2) is 0 Å². The lowest BCUT2D eigenvalue weighted by molar-refractivity contribution is -0.139. The number of esters is 1. The molecule has 1 saturated heterocycles. The van der Waals surface area contributed by atoms with Crippen molar-refractivity contribution in [1.82, 2.24) is 0 Å². The van der Waals surface area contributed by atoms with Crippen LogP contribution in [0.1, 0.15) is 22.7 Å². The Bertz CT molecular complexity index is 1380. The lowest BCUT2D eigenvalue weighted by Crippen LogP contribution is -2.29. The smallest absolute Gasteiger partial charge is 0.309 e. The highest BCUT2D eigenvalue weighted by atomic mass is 35.5. The zero-order valence-electron chi connectivity index (χ0n) is 19.4. The van der Waals surface area contributed by atoms with Gasteiger partial charge in [0, 0.05) is 11.3 Å². The minimum Gasteiger partial charge on any atom is -0.508 e. The van der Waals surface area contributed by atoms with Crippen LogP contribution in [-0.4, -0.2) is 42.1 Å². The number of aliphatic hydroxyl groups excluding tert-OH is 1. The predicted molar refractivity (Wildman–Crippen MR) is 133 cm³/mol. The molecule has 184 valence electrons. The van der Waals surface area contributed by atoms with Crippen molar-refractivity contribution < 1.29 is 34.1 Å². The zero-order valence-corrected chi connectivity index (χ0v) is 20.2. The highest BCUT2D eigenvalue weighted by molar-refractivity contribution is 6.52. The Hall–Kier alpha value is -4.30. The zero-order chi connectivity index (χ0) is 26.0. The van der Waals surface area contributed by atoms with Gasteiger partial charge in [0.25, 0.3) is 11.7 Å². The molecule has 1 aliphatic rings. The summed E-state index contributed by atoms with van der Waals surface area (Å²) in [5, 5.41) is 21.5. The fourth-order valence-electron chi connectivity index (χ4n) is 4.08. The van der Waals surface area contributed by atoms with Gasteiger partial charge < -0.3 is 19.7 Å². The molecular weight excluding hydrogens is 486 g/mol. The first-order chi connectivity index (χ1) is 17.2. The normalized spacial score (nSPS) is 16.8. The monoisotopic (exact) mass is 507 g/mol. The first-order valence-corrected chi connectivity index (χ1v) is 11.2. The second-order valence-electron chi connectivity index (χ2n) is 8.03. The van der Waals surface area contributed by atoms with E-state index in [0.29, 0.717) is 22.6 Å². The third-order valence-corrected chi connectivity index (χ3v) is 6.18. The molecule has 0 radical (unpaired) electrons. The van der Waals surface area contributed by atoms with E-state index in [0.717, 1.165) is 0 Å². The van der Waals surface area contributed by atoms with Crippen molar-refractivity contribution >= 4 is 40.7 Å². The first kappa shape index (κ1) is 24.8. The molecule has 0 bridgehead atoms. The largest absolute Gasteiger partial charge is 0.508 e. The molecule has 3 aromatic carbocycles. The highest BCUT2D eigenvalue weighted by Crippen LogP contribution is 2.44. The SMILES string of the molecule is COC(=O)Cc1ccc(N2C(=O)C(=O)/C(=C(/O)c3cc(OC)ccc3Cl)C2c2cccc(O)c2)cc1. The van der Waals surface area contributed by atoms with Gasteiger partial charge in [0.05, 0.1) is 37.3 Å². The van der Waals surface area contributed by atoms with E-state index in [9.17, 15) is 24.6 Å². The molecule has 1 unspecified atom stereocenters. The van der Waals surface area contributed by atoms with E-state index in [1.54, 1.807) is 42.5 Å². The molecule has 8 nitrogen and oxygen atoms in total. The minimum absolute atomic E-state index is 0.0416. The van der Waals surface area contributed by atoms with Crippen LogP contribution in [0.3, 0.4) is 0 Å². The molecule has 1 aliphatic heterocycles. The molecule has 4 rings (SSSR count). The summed E-state index contributed by atoms with van der Waals surface area (Å²) in [5.41, 5.74) is 1.33. The maximum atomic E-state index is 13.3. The molecule has 9 heteroatoms. The minimum atomic E-state index is -1.06. The number of Topliss-reactive ketones (excluding diaryl/α,β-unsaturated/α-hetero) is 1. The van der Waals surface area contributed by atoms with Gasteiger partial charge in [-0.15, -0.1) is 0 Å². The molecule has 1 amide bonds.